The molecule has 0 aromatic heterocycles. The number of ether oxygens (including phenoxy) is 1. The van der Waals surface area contributed by atoms with Gasteiger partial charge >= 0.3 is 0 Å². The Morgan fingerprint density at radius 1 is 1.31 bits per heavy atom. The van der Waals surface area contributed by atoms with E-state index in [0.717, 1.165) is 25.0 Å². The number of rotatable bonds is 8. The van der Waals surface area contributed by atoms with Crippen molar-refractivity contribution >= 4 is 0 Å². The van der Waals surface area contributed by atoms with E-state index in [4.69, 9.17) is 4.74 Å². The first-order chi connectivity index (χ1) is 7.72. The van der Waals surface area contributed by atoms with Crippen LogP contribution in [0, 0.1) is 11.8 Å². The Bertz CT molecular complexity index is 164. The summed E-state index contributed by atoms with van der Waals surface area (Å²) < 4.78 is 5.73. The molecule has 0 spiro atoms. The van der Waals surface area contributed by atoms with Gasteiger partial charge in [-0.2, -0.15) is 0 Å². The molecule has 1 fully saturated rings. The Morgan fingerprint density at radius 3 is 2.69 bits per heavy atom. The molecule has 1 rings (SSSR count). The maximum Gasteiger partial charge on any atom is 0.0579 e. The summed E-state index contributed by atoms with van der Waals surface area (Å²) >= 11 is 0. The predicted molar refractivity (Wildman–Crippen MR) is 69.7 cm³/mol. The zero-order valence-electron chi connectivity index (χ0n) is 11.3. The molecule has 96 valence electrons. The molecule has 1 N–H and O–H groups in total. The normalized spacial score (nSPS) is 22.9. The molecule has 16 heavy (non-hydrogen) atoms. The molecular formula is C14H29NO. The summed E-state index contributed by atoms with van der Waals surface area (Å²) in [6, 6.07) is 0. The summed E-state index contributed by atoms with van der Waals surface area (Å²) in [4.78, 5) is 0. The second-order valence-electron chi connectivity index (χ2n) is 5.58. The van der Waals surface area contributed by atoms with Crippen LogP contribution in [-0.2, 0) is 4.74 Å². The van der Waals surface area contributed by atoms with Crippen LogP contribution in [-0.4, -0.2) is 25.8 Å². The summed E-state index contributed by atoms with van der Waals surface area (Å²) in [5.41, 5.74) is 0. The molecule has 2 atom stereocenters. The van der Waals surface area contributed by atoms with E-state index in [-0.39, 0.29) is 0 Å². The highest BCUT2D eigenvalue weighted by atomic mass is 16.5. The van der Waals surface area contributed by atoms with E-state index in [1.54, 1.807) is 0 Å². The third-order valence-electron chi connectivity index (χ3n) is 3.30. The van der Waals surface area contributed by atoms with E-state index in [9.17, 15) is 0 Å². The van der Waals surface area contributed by atoms with Gasteiger partial charge in [-0.15, -0.1) is 0 Å². The molecule has 2 heteroatoms. The third-order valence-corrected chi connectivity index (χ3v) is 3.30. The highest BCUT2D eigenvalue weighted by Gasteiger charge is 2.20. The lowest BCUT2D eigenvalue weighted by atomic mass is 9.95. The molecule has 0 aliphatic carbocycles. The fourth-order valence-corrected chi connectivity index (χ4v) is 2.49. The van der Waals surface area contributed by atoms with Gasteiger partial charge in [-0.25, -0.2) is 0 Å². The van der Waals surface area contributed by atoms with Crippen LogP contribution in [0.15, 0.2) is 0 Å². The quantitative estimate of drug-likeness (QED) is 0.687. The average Bonchev–Trinajstić information content (AvgIpc) is 2.70. The standard InChI is InChI=1S/C14H29NO/c1-4-6-13(11-15-10-12(2)3)9-14-7-5-8-16-14/h12-15H,4-11H2,1-3H3. The average molecular weight is 227 g/mol. The monoisotopic (exact) mass is 227 g/mol. The first-order valence-corrected chi connectivity index (χ1v) is 7.04. The van der Waals surface area contributed by atoms with Crippen LogP contribution in [0.25, 0.3) is 0 Å². The van der Waals surface area contributed by atoms with Crippen molar-refractivity contribution in [2.24, 2.45) is 11.8 Å². The minimum atomic E-state index is 0.553. The summed E-state index contributed by atoms with van der Waals surface area (Å²) in [6.07, 6.45) is 7.00. The van der Waals surface area contributed by atoms with Crippen molar-refractivity contribution < 1.29 is 4.74 Å². The summed E-state index contributed by atoms with van der Waals surface area (Å²) in [6.45, 7) is 10.1. The molecular weight excluding hydrogens is 198 g/mol. The molecule has 0 amide bonds. The van der Waals surface area contributed by atoms with Gasteiger partial charge in [0.05, 0.1) is 6.10 Å². The molecule has 1 aliphatic rings. The molecule has 0 aromatic rings. The van der Waals surface area contributed by atoms with E-state index in [1.807, 2.05) is 0 Å². The Hall–Kier alpha value is -0.0800. The van der Waals surface area contributed by atoms with Crippen molar-refractivity contribution in [3.05, 3.63) is 0 Å². The van der Waals surface area contributed by atoms with Gasteiger partial charge in [0, 0.05) is 6.61 Å². The van der Waals surface area contributed by atoms with Gasteiger partial charge < -0.3 is 10.1 Å². The topological polar surface area (TPSA) is 21.3 Å². The van der Waals surface area contributed by atoms with Gasteiger partial charge in [0.15, 0.2) is 0 Å². The van der Waals surface area contributed by atoms with Crippen molar-refractivity contribution in [2.45, 2.75) is 59.0 Å². The molecule has 1 saturated heterocycles. The first kappa shape index (κ1) is 14.0. The van der Waals surface area contributed by atoms with Gasteiger partial charge in [-0.05, 0) is 50.6 Å². The zero-order chi connectivity index (χ0) is 11.8. The Labute approximate surface area is 101 Å². The van der Waals surface area contributed by atoms with Crippen molar-refractivity contribution in [3.8, 4) is 0 Å². The first-order valence-electron chi connectivity index (χ1n) is 7.04. The Kier molecular flexibility index (Phi) is 7.06. The highest BCUT2D eigenvalue weighted by Crippen LogP contribution is 2.22. The van der Waals surface area contributed by atoms with E-state index in [1.165, 1.54) is 38.6 Å². The van der Waals surface area contributed by atoms with Crippen LogP contribution in [0.5, 0.6) is 0 Å². The smallest absolute Gasteiger partial charge is 0.0579 e. The number of nitrogens with one attached hydrogen (secondary N) is 1. The second-order valence-corrected chi connectivity index (χ2v) is 5.58. The van der Waals surface area contributed by atoms with Gasteiger partial charge in [0.2, 0.25) is 0 Å². The van der Waals surface area contributed by atoms with Crippen molar-refractivity contribution in [1.82, 2.24) is 5.32 Å². The largest absolute Gasteiger partial charge is 0.378 e. The van der Waals surface area contributed by atoms with Crippen LogP contribution >= 0.6 is 0 Å². The molecule has 0 aromatic carbocycles. The third kappa shape index (κ3) is 5.86. The molecule has 2 unspecified atom stereocenters. The maximum atomic E-state index is 5.73. The van der Waals surface area contributed by atoms with Crippen molar-refractivity contribution in [1.29, 1.82) is 0 Å². The van der Waals surface area contributed by atoms with Crippen molar-refractivity contribution in [2.75, 3.05) is 19.7 Å². The van der Waals surface area contributed by atoms with Gasteiger partial charge in [0.25, 0.3) is 0 Å². The van der Waals surface area contributed by atoms with Gasteiger partial charge in [-0.3, -0.25) is 0 Å². The molecule has 1 heterocycles. The highest BCUT2D eigenvalue weighted by molar-refractivity contribution is 4.72. The van der Waals surface area contributed by atoms with Crippen molar-refractivity contribution in [3.63, 3.8) is 0 Å². The fourth-order valence-electron chi connectivity index (χ4n) is 2.49. The van der Waals surface area contributed by atoms with E-state index in [2.05, 4.69) is 26.1 Å². The summed E-state index contributed by atoms with van der Waals surface area (Å²) in [5, 5.41) is 3.59. The van der Waals surface area contributed by atoms with Crippen LogP contribution in [0.1, 0.15) is 52.9 Å². The lowest BCUT2D eigenvalue weighted by Gasteiger charge is -2.21. The van der Waals surface area contributed by atoms with E-state index in [0.29, 0.717) is 6.10 Å². The minimum absolute atomic E-state index is 0.553. The molecule has 2 nitrogen and oxygen atoms in total. The summed E-state index contributed by atoms with van der Waals surface area (Å²) in [5.74, 6) is 1.57. The van der Waals surface area contributed by atoms with E-state index < -0.39 is 0 Å². The fraction of sp³-hybridized carbons (Fsp3) is 1.00. The van der Waals surface area contributed by atoms with Gasteiger partial charge in [0.1, 0.15) is 0 Å². The zero-order valence-corrected chi connectivity index (χ0v) is 11.3. The minimum Gasteiger partial charge on any atom is -0.378 e. The number of hydrogen-bond acceptors (Lipinski definition) is 2. The van der Waals surface area contributed by atoms with Gasteiger partial charge in [-0.1, -0.05) is 27.2 Å². The summed E-state index contributed by atoms with van der Waals surface area (Å²) in [7, 11) is 0. The lowest BCUT2D eigenvalue weighted by molar-refractivity contribution is 0.0877. The number of hydrogen-bond donors (Lipinski definition) is 1. The maximum absolute atomic E-state index is 5.73. The van der Waals surface area contributed by atoms with Crippen LogP contribution in [0.2, 0.25) is 0 Å². The molecule has 0 saturated carbocycles. The van der Waals surface area contributed by atoms with Crippen LogP contribution in [0.3, 0.4) is 0 Å². The predicted octanol–water partition coefficient (Wildman–Crippen LogP) is 3.22. The Balaban J connectivity index is 2.17. The Morgan fingerprint density at radius 2 is 2.12 bits per heavy atom. The SMILES string of the molecule is CCCC(CNCC(C)C)CC1CCCO1. The van der Waals surface area contributed by atoms with Crippen LogP contribution < -0.4 is 5.32 Å². The van der Waals surface area contributed by atoms with E-state index >= 15 is 0 Å². The van der Waals surface area contributed by atoms with Crippen LogP contribution in [0.4, 0.5) is 0 Å². The molecule has 0 radical (unpaired) electrons. The second kappa shape index (κ2) is 8.08. The lowest BCUT2D eigenvalue weighted by Crippen LogP contribution is -2.28. The molecule has 0 bridgehead atoms. The molecule has 1 aliphatic heterocycles.